The van der Waals surface area contributed by atoms with Gasteiger partial charge < -0.3 is 14.2 Å². The molecule has 0 saturated carbocycles. The van der Waals surface area contributed by atoms with Crippen molar-refractivity contribution in [2.75, 3.05) is 19.5 Å². The zero-order chi connectivity index (χ0) is 21.6. The van der Waals surface area contributed by atoms with Gasteiger partial charge in [-0.2, -0.15) is 0 Å². The van der Waals surface area contributed by atoms with E-state index in [1.807, 2.05) is 53.9 Å². The molecule has 0 spiro atoms. The fourth-order valence-corrected chi connectivity index (χ4v) is 3.56. The molecule has 0 aliphatic heterocycles. The lowest BCUT2D eigenvalue weighted by Gasteiger charge is -2.08. The molecule has 2 aromatic carbocycles. The molecular formula is C23H19N3O4S. The van der Waals surface area contributed by atoms with Crippen LogP contribution in [-0.2, 0) is 0 Å². The zero-order valence-corrected chi connectivity index (χ0v) is 17.7. The molecule has 1 N–H and O–H groups in total. The maximum absolute atomic E-state index is 12.7. The van der Waals surface area contributed by atoms with Crippen LogP contribution in [0.15, 0.2) is 72.2 Å². The standard InChI is InChI=1S/C23H19N3O4S/c1-28-19-9-8-15(12-20(19)29-2)18-14-31-23(25-18)26-22(27)16-10-11-24-21(13-16)30-17-6-4-3-5-7-17/h3-14H,1-2H3,(H,25,26,27). The molecule has 2 aromatic heterocycles. The molecule has 0 saturated heterocycles. The van der Waals surface area contributed by atoms with Gasteiger partial charge in [0.2, 0.25) is 5.88 Å². The van der Waals surface area contributed by atoms with Crippen LogP contribution in [-0.4, -0.2) is 30.1 Å². The number of rotatable bonds is 7. The number of aromatic nitrogens is 2. The summed E-state index contributed by atoms with van der Waals surface area (Å²) in [5, 5.41) is 5.17. The number of hydrogen-bond donors (Lipinski definition) is 1. The van der Waals surface area contributed by atoms with E-state index >= 15 is 0 Å². The van der Waals surface area contributed by atoms with E-state index in [-0.39, 0.29) is 5.91 Å². The van der Waals surface area contributed by atoms with E-state index in [1.165, 1.54) is 17.5 Å². The van der Waals surface area contributed by atoms with E-state index < -0.39 is 0 Å². The van der Waals surface area contributed by atoms with Crippen molar-refractivity contribution >= 4 is 22.4 Å². The molecule has 0 atom stereocenters. The van der Waals surface area contributed by atoms with Gasteiger partial charge in [-0.25, -0.2) is 9.97 Å². The summed E-state index contributed by atoms with van der Waals surface area (Å²) in [6.45, 7) is 0. The third-order valence-corrected chi connectivity index (χ3v) is 5.12. The number of para-hydroxylation sites is 1. The molecule has 156 valence electrons. The second-order valence-electron chi connectivity index (χ2n) is 6.36. The molecule has 0 unspecified atom stereocenters. The smallest absolute Gasteiger partial charge is 0.257 e. The summed E-state index contributed by atoms with van der Waals surface area (Å²) in [6.07, 6.45) is 1.53. The van der Waals surface area contributed by atoms with Gasteiger partial charge in [-0.15, -0.1) is 11.3 Å². The highest BCUT2D eigenvalue weighted by atomic mass is 32.1. The van der Waals surface area contributed by atoms with Crippen LogP contribution in [0.2, 0.25) is 0 Å². The molecule has 8 heteroatoms. The third-order valence-electron chi connectivity index (χ3n) is 4.37. The fourth-order valence-electron chi connectivity index (χ4n) is 2.84. The van der Waals surface area contributed by atoms with Gasteiger partial charge in [0.25, 0.3) is 5.91 Å². The highest BCUT2D eigenvalue weighted by Gasteiger charge is 2.13. The van der Waals surface area contributed by atoms with Crippen LogP contribution in [0.5, 0.6) is 23.1 Å². The van der Waals surface area contributed by atoms with Crippen molar-refractivity contribution < 1.29 is 19.0 Å². The van der Waals surface area contributed by atoms with Crippen molar-refractivity contribution in [3.8, 4) is 34.4 Å². The zero-order valence-electron chi connectivity index (χ0n) is 16.9. The Balaban J connectivity index is 1.48. The summed E-state index contributed by atoms with van der Waals surface area (Å²) >= 11 is 1.34. The molecule has 0 radical (unpaired) electrons. The quantitative estimate of drug-likeness (QED) is 0.428. The number of anilines is 1. The number of carbonyl (C=O) groups is 1. The predicted octanol–water partition coefficient (Wildman–Crippen LogP) is 5.27. The van der Waals surface area contributed by atoms with Crippen LogP contribution in [0, 0.1) is 0 Å². The van der Waals surface area contributed by atoms with Gasteiger partial charge in [0.15, 0.2) is 16.6 Å². The minimum atomic E-state index is -0.298. The summed E-state index contributed by atoms with van der Waals surface area (Å²) < 4.78 is 16.3. The second-order valence-corrected chi connectivity index (χ2v) is 7.22. The second kappa shape index (κ2) is 9.27. The van der Waals surface area contributed by atoms with Gasteiger partial charge in [0, 0.05) is 28.8 Å². The van der Waals surface area contributed by atoms with E-state index in [9.17, 15) is 4.79 Å². The Labute approximate surface area is 183 Å². The maximum atomic E-state index is 12.7. The Hall–Kier alpha value is -3.91. The van der Waals surface area contributed by atoms with Crippen molar-refractivity contribution in [2.45, 2.75) is 0 Å². The third kappa shape index (κ3) is 4.81. The van der Waals surface area contributed by atoms with Crippen LogP contribution in [0.3, 0.4) is 0 Å². The van der Waals surface area contributed by atoms with E-state index in [1.54, 1.807) is 26.4 Å². The SMILES string of the molecule is COc1ccc(-c2csc(NC(=O)c3ccnc(Oc4ccccc4)c3)n2)cc1OC. The molecule has 1 amide bonds. The van der Waals surface area contributed by atoms with E-state index in [4.69, 9.17) is 14.2 Å². The predicted molar refractivity (Wildman–Crippen MR) is 119 cm³/mol. The van der Waals surface area contributed by atoms with Crippen molar-refractivity contribution in [2.24, 2.45) is 0 Å². The lowest BCUT2D eigenvalue weighted by molar-refractivity contribution is 0.102. The normalized spacial score (nSPS) is 10.4. The highest BCUT2D eigenvalue weighted by molar-refractivity contribution is 7.14. The summed E-state index contributed by atoms with van der Waals surface area (Å²) in [6, 6.07) is 18.0. The Morgan fingerprint density at radius 2 is 1.77 bits per heavy atom. The first kappa shape index (κ1) is 20.4. The van der Waals surface area contributed by atoms with Gasteiger partial charge in [0.1, 0.15) is 5.75 Å². The molecule has 4 aromatic rings. The van der Waals surface area contributed by atoms with Crippen molar-refractivity contribution in [3.63, 3.8) is 0 Å². The first-order valence-electron chi connectivity index (χ1n) is 9.34. The van der Waals surface area contributed by atoms with E-state index in [2.05, 4.69) is 15.3 Å². The van der Waals surface area contributed by atoms with Gasteiger partial charge >= 0.3 is 0 Å². The minimum absolute atomic E-state index is 0.298. The average molecular weight is 433 g/mol. The lowest BCUT2D eigenvalue weighted by Crippen LogP contribution is -2.12. The number of amides is 1. The van der Waals surface area contributed by atoms with Gasteiger partial charge in [-0.1, -0.05) is 18.2 Å². The van der Waals surface area contributed by atoms with E-state index in [0.717, 1.165) is 11.3 Å². The Kier molecular flexibility index (Phi) is 6.09. The van der Waals surface area contributed by atoms with Gasteiger partial charge in [-0.05, 0) is 36.4 Å². The number of nitrogens with one attached hydrogen (secondary N) is 1. The molecule has 31 heavy (non-hydrogen) atoms. The number of carbonyl (C=O) groups excluding carboxylic acids is 1. The monoisotopic (exact) mass is 433 g/mol. The number of hydrogen-bond acceptors (Lipinski definition) is 7. The number of benzene rings is 2. The first-order chi connectivity index (χ1) is 15.2. The first-order valence-corrected chi connectivity index (χ1v) is 10.2. The van der Waals surface area contributed by atoms with Crippen LogP contribution in [0.4, 0.5) is 5.13 Å². The molecule has 0 aliphatic carbocycles. The van der Waals surface area contributed by atoms with Crippen LogP contribution in [0.25, 0.3) is 11.3 Å². The Bertz CT molecular complexity index is 1190. The van der Waals surface area contributed by atoms with Crippen LogP contribution >= 0.6 is 11.3 Å². The van der Waals surface area contributed by atoms with Crippen LogP contribution < -0.4 is 19.5 Å². The highest BCUT2D eigenvalue weighted by Crippen LogP contribution is 2.33. The number of nitrogens with zero attached hydrogens (tertiary/aromatic N) is 2. The van der Waals surface area contributed by atoms with Crippen molar-refractivity contribution in [1.82, 2.24) is 9.97 Å². The summed E-state index contributed by atoms with van der Waals surface area (Å²) in [7, 11) is 3.17. The molecule has 0 bridgehead atoms. The number of thiazole rings is 1. The fraction of sp³-hybridized carbons (Fsp3) is 0.0870. The molecular weight excluding hydrogens is 414 g/mol. The van der Waals surface area contributed by atoms with Gasteiger partial charge in [0.05, 0.1) is 19.9 Å². The van der Waals surface area contributed by atoms with Crippen molar-refractivity contribution in [3.05, 3.63) is 77.8 Å². The topological polar surface area (TPSA) is 82.6 Å². The minimum Gasteiger partial charge on any atom is -0.493 e. The number of pyridine rings is 1. The van der Waals surface area contributed by atoms with Crippen LogP contribution in [0.1, 0.15) is 10.4 Å². The molecule has 2 heterocycles. The number of ether oxygens (including phenoxy) is 3. The Morgan fingerprint density at radius 3 is 2.55 bits per heavy atom. The summed E-state index contributed by atoms with van der Waals surface area (Å²) in [5.41, 5.74) is 2.00. The lowest BCUT2D eigenvalue weighted by atomic mass is 10.1. The van der Waals surface area contributed by atoms with Crippen molar-refractivity contribution in [1.29, 1.82) is 0 Å². The largest absolute Gasteiger partial charge is 0.493 e. The molecule has 0 aliphatic rings. The van der Waals surface area contributed by atoms with E-state index in [0.29, 0.717) is 33.8 Å². The Morgan fingerprint density at radius 1 is 0.968 bits per heavy atom. The average Bonchev–Trinajstić information content (AvgIpc) is 3.28. The summed E-state index contributed by atoms with van der Waals surface area (Å²) in [4.78, 5) is 21.4. The molecule has 4 rings (SSSR count). The maximum Gasteiger partial charge on any atom is 0.257 e. The number of methoxy groups -OCH3 is 2. The summed E-state index contributed by atoms with van der Waals surface area (Å²) in [5.74, 6) is 1.94. The van der Waals surface area contributed by atoms with Gasteiger partial charge in [-0.3, -0.25) is 10.1 Å². The molecule has 7 nitrogen and oxygen atoms in total. The molecule has 0 fully saturated rings.